The molecule has 1 saturated heterocycles. The third-order valence-corrected chi connectivity index (χ3v) is 3.06. The number of nitrogens with zero attached hydrogens (tertiary/aromatic N) is 1. The Morgan fingerprint density at radius 2 is 2.15 bits per heavy atom. The minimum Gasteiger partial charge on any atom is -0.478 e. The second kappa shape index (κ2) is 5.60. The van der Waals surface area contributed by atoms with Crippen LogP contribution in [0.3, 0.4) is 0 Å². The standard InChI is InChI=1S/C13H15N3O4/c1-8-3-2-4-9(12(18)19)11(8)15-13(20)16-6-5-14-10(17)7-16/h2-4H,5-7H2,1H3,(H,14,17)(H,15,20)(H,18,19). The van der Waals surface area contributed by atoms with Gasteiger partial charge in [0.1, 0.15) is 6.54 Å². The average Bonchev–Trinajstić information content (AvgIpc) is 2.40. The van der Waals surface area contributed by atoms with Crippen molar-refractivity contribution in [2.75, 3.05) is 25.0 Å². The van der Waals surface area contributed by atoms with E-state index in [2.05, 4.69) is 10.6 Å². The molecule has 1 aliphatic rings. The lowest BCUT2D eigenvalue weighted by Gasteiger charge is -2.27. The summed E-state index contributed by atoms with van der Waals surface area (Å²) < 4.78 is 0. The van der Waals surface area contributed by atoms with Crippen molar-refractivity contribution in [1.82, 2.24) is 10.2 Å². The first-order chi connectivity index (χ1) is 9.49. The number of urea groups is 1. The molecular formula is C13H15N3O4. The second-order valence-electron chi connectivity index (χ2n) is 4.50. The highest BCUT2D eigenvalue weighted by atomic mass is 16.4. The number of anilines is 1. The van der Waals surface area contributed by atoms with Crippen LogP contribution in [0.1, 0.15) is 15.9 Å². The van der Waals surface area contributed by atoms with Crippen molar-refractivity contribution >= 4 is 23.6 Å². The fraction of sp³-hybridized carbons (Fsp3) is 0.308. The van der Waals surface area contributed by atoms with Gasteiger partial charge >= 0.3 is 12.0 Å². The van der Waals surface area contributed by atoms with Crippen LogP contribution in [-0.4, -0.2) is 47.5 Å². The smallest absolute Gasteiger partial charge is 0.337 e. The van der Waals surface area contributed by atoms with Crippen molar-refractivity contribution in [3.63, 3.8) is 0 Å². The number of carboxylic acids is 1. The lowest BCUT2D eigenvalue weighted by molar-refractivity contribution is -0.123. The summed E-state index contributed by atoms with van der Waals surface area (Å²) in [7, 11) is 0. The molecule has 7 nitrogen and oxygen atoms in total. The highest BCUT2D eigenvalue weighted by Crippen LogP contribution is 2.21. The van der Waals surface area contributed by atoms with Gasteiger partial charge in [-0.2, -0.15) is 0 Å². The summed E-state index contributed by atoms with van der Waals surface area (Å²) in [5, 5.41) is 14.3. The molecule has 1 aromatic carbocycles. The number of piperazine rings is 1. The molecule has 0 spiro atoms. The zero-order valence-electron chi connectivity index (χ0n) is 11.0. The third kappa shape index (κ3) is 2.87. The first-order valence-corrected chi connectivity index (χ1v) is 6.14. The van der Waals surface area contributed by atoms with Gasteiger partial charge in [0.15, 0.2) is 0 Å². The van der Waals surface area contributed by atoms with Crippen LogP contribution in [0.5, 0.6) is 0 Å². The van der Waals surface area contributed by atoms with E-state index in [-0.39, 0.29) is 23.7 Å². The van der Waals surface area contributed by atoms with E-state index in [1.165, 1.54) is 11.0 Å². The number of carbonyl (C=O) groups excluding carboxylic acids is 2. The highest BCUT2D eigenvalue weighted by molar-refractivity contribution is 6.01. The number of rotatable bonds is 2. The van der Waals surface area contributed by atoms with Crippen LogP contribution in [0, 0.1) is 6.92 Å². The Labute approximate surface area is 115 Å². The maximum atomic E-state index is 12.1. The minimum atomic E-state index is -1.11. The molecule has 0 bridgehead atoms. The number of aryl methyl sites for hydroxylation is 1. The number of benzene rings is 1. The van der Waals surface area contributed by atoms with E-state index in [9.17, 15) is 14.4 Å². The van der Waals surface area contributed by atoms with E-state index >= 15 is 0 Å². The molecule has 2 rings (SSSR count). The quantitative estimate of drug-likeness (QED) is 0.739. The number of aromatic carboxylic acids is 1. The molecule has 0 aromatic heterocycles. The van der Waals surface area contributed by atoms with Gasteiger partial charge in [-0.1, -0.05) is 12.1 Å². The summed E-state index contributed by atoms with van der Waals surface area (Å²) in [5.74, 6) is -1.34. The lowest BCUT2D eigenvalue weighted by atomic mass is 10.1. The molecule has 3 N–H and O–H groups in total. The van der Waals surface area contributed by atoms with Crippen molar-refractivity contribution in [3.05, 3.63) is 29.3 Å². The van der Waals surface area contributed by atoms with Gasteiger partial charge in [0, 0.05) is 13.1 Å². The molecule has 1 heterocycles. The Morgan fingerprint density at radius 1 is 1.40 bits per heavy atom. The number of hydrogen-bond acceptors (Lipinski definition) is 3. The average molecular weight is 277 g/mol. The van der Waals surface area contributed by atoms with Crippen LogP contribution < -0.4 is 10.6 Å². The van der Waals surface area contributed by atoms with Crippen LogP contribution >= 0.6 is 0 Å². The monoisotopic (exact) mass is 277 g/mol. The Balaban J connectivity index is 2.19. The summed E-state index contributed by atoms with van der Waals surface area (Å²) in [6.07, 6.45) is 0. The van der Waals surface area contributed by atoms with Crippen molar-refractivity contribution in [3.8, 4) is 0 Å². The largest absolute Gasteiger partial charge is 0.478 e. The predicted molar refractivity (Wildman–Crippen MR) is 71.7 cm³/mol. The zero-order chi connectivity index (χ0) is 14.7. The first kappa shape index (κ1) is 13.9. The van der Waals surface area contributed by atoms with E-state index in [0.717, 1.165) is 0 Å². The molecule has 106 valence electrons. The second-order valence-corrected chi connectivity index (χ2v) is 4.50. The van der Waals surface area contributed by atoms with Crippen molar-refractivity contribution in [2.24, 2.45) is 0 Å². The number of para-hydroxylation sites is 1. The number of carboxylic acid groups (broad SMARTS) is 1. The minimum absolute atomic E-state index is 0.0276. The Hall–Kier alpha value is -2.57. The fourth-order valence-corrected chi connectivity index (χ4v) is 2.01. The van der Waals surface area contributed by atoms with Gasteiger partial charge in [0.25, 0.3) is 0 Å². The predicted octanol–water partition coefficient (Wildman–Crippen LogP) is 0.657. The topological polar surface area (TPSA) is 98.7 Å². The Bertz CT molecular complexity index is 571. The molecule has 0 aliphatic carbocycles. The van der Waals surface area contributed by atoms with Crippen LogP contribution in [0.15, 0.2) is 18.2 Å². The van der Waals surface area contributed by atoms with Gasteiger partial charge in [-0.15, -0.1) is 0 Å². The normalized spacial score (nSPS) is 14.7. The fourth-order valence-electron chi connectivity index (χ4n) is 2.01. The zero-order valence-corrected chi connectivity index (χ0v) is 11.0. The molecule has 1 fully saturated rings. The van der Waals surface area contributed by atoms with Crippen LogP contribution in [0.2, 0.25) is 0 Å². The molecule has 3 amide bonds. The molecule has 1 aliphatic heterocycles. The maximum Gasteiger partial charge on any atom is 0.337 e. The van der Waals surface area contributed by atoms with Crippen LogP contribution in [0.25, 0.3) is 0 Å². The van der Waals surface area contributed by atoms with Crippen molar-refractivity contribution in [1.29, 1.82) is 0 Å². The van der Waals surface area contributed by atoms with E-state index in [0.29, 0.717) is 18.7 Å². The number of carbonyl (C=O) groups is 3. The van der Waals surface area contributed by atoms with Gasteiger partial charge < -0.3 is 20.6 Å². The molecule has 0 radical (unpaired) electrons. The third-order valence-electron chi connectivity index (χ3n) is 3.06. The SMILES string of the molecule is Cc1cccc(C(=O)O)c1NC(=O)N1CCNC(=O)C1. The highest BCUT2D eigenvalue weighted by Gasteiger charge is 2.23. The van der Waals surface area contributed by atoms with E-state index < -0.39 is 12.0 Å². The molecule has 0 atom stereocenters. The molecule has 7 heteroatoms. The van der Waals surface area contributed by atoms with Gasteiger partial charge in [0.2, 0.25) is 5.91 Å². The summed E-state index contributed by atoms with van der Waals surface area (Å²) in [4.78, 5) is 35.8. The number of hydrogen-bond donors (Lipinski definition) is 3. The van der Waals surface area contributed by atoms with Crippen molar-refractivity contribution in [2.45, 2.75) is 6.92 Å². The molecule has 0 unspecified atom stereocenters. The summed E-state index contributed by atoms with van der Waals surface area (Å²) >= 11 is 0. The maximum absolute atomic E-state index is 12.1. The van der Waals surface area contributed by atoms with Gasteiger partial charge in [0.05, 0.1) is 11.3 Å². The van der Waals surface area contributed by atoms with Crippen LogP contribution in [-0.2, 0) is 4.79 Å². The van der Waals surface area contributed by atoms with E-state index in [1.54, 1.807) is 19.1 Å². The summed E-state index contributed by atoms with van der Waals surface area (Å²) in [6, 6.07) is 4.28. The summed E-state index contributed by atoms with van der Waals surface area (Å²) in [5.41, 5.74) is 0.940. The van der Waals surface area contributed by atoms with Crippen LogP contribution in [0.4, 0.5) is 10.5 Å². The molecule has 0 saturated carbocycles. The van der Waals surface area contributed by atoms with Gasteiger partial charge in [-0.3, -0.25) is 4.79 Å². The van der Waals surface area contributed by atoms with E-state index in [4.69, 9.17) is 5.11 Å². The van der Waals surface area contributed by atoms with E-state index in [1.807, 2.05) is 0 Å². The Kier molecular flexibility index (Phi) is 3.88. The Morgan fingerprint density at radius 3 is 2.80 bits per heavy atom. The van der Waals surface area contributed by atoms with Gasteiger partial charge in [-0.05, 0) is 18.6 Å². The van der Waals surface area contributed by atoms with Crippen molar-refractivity contribution < 1.29 is 19.5 Å². The summed E-state index contributed by atoms with van der Waals surface area (Å²) in [6.45, 7) is 2.47. The molecule has 20 heavy (non-hydrogen) atoms. The lowest BCUT2D eigenvalue weighted by Crippen LogP contribution is -2.51. The molecular weight excluding hydrogens is 262 g/mol. The number of nitrogens with one attached hydrogen (secondary N) is 2. The van der Waals surface area contributed by atoms with Gasteiger partial charge in [-0.25, -0.2) is 9.59 Å². The number of amides is 3. The molecule has 1 aromatic rings. The first-order valence-electron chi connectivity index (χ1n) is 6.14.